The molecule has 0 bridgehead atoms. The lowest BCUT2D eigenvalue weighted by Crippen LogP contribution is -2.34. The van der Waals surface area contributed by atoms with Crippen molar-refractivity contribution in [1.29, 1.82) is 0 Å². The van der Waals surface area contributed by atoms with E-state index in [0.717, 1.165) is 12.1 Å². The fourth-order valence-corrected chi connectivity index (χ4v) is 4.16. The molecule has 2 rings (SSSR count). The van der Waals surface area contributed by atoms with Crippen LogP contribution >= 0.6 is 0 Å². The minimum absolute atomic E-state index is 0.0291. The highest BCUT2D eigenvalue weighted by molar-refractivity contribution is 7.91. The second-order valence-electron chi connectivity index (χ2n) is 4.47. The zero-order valence-electron chi connectivity index (χ0n) is 9.57. The molecule has 18 heavy (non-hydrogen) atoms. The number of rotatable bonds is 3. The Bertz CT molecular complexity index is 548. The van der Waals surface area contributed by atoms with E-state index in [1.54, 1.807) is 0 Å². The van der Waals surface area contributed by atoms with E-state index in [1.807, 2.05) is 0 Å². The molecule has 2 atom stereocenters. The number of halogens is 2. The Labute approximate surface area is 104 Å². The van der Waals surface area contributed by atoms with Gasteiger partial charge in [-0.2, -0.15) is 0 Å². The number of benzene rings is 1. The summed E-state index contributed by atoms with van der Waals surface area (Å²) in [4.78, 5) is 0. The first-order chi connectivity index (χ1) is 8.43. The van der Waals surface area contributed by atoms with Crippen LogP contribution in [0.4, 0.5) is 8.78 Å². The van der Waals surface area contributed by atoms with Crippen molar-refractivity contribution in [3.63, 3.8) is 0 Å². The maximum absolute atomic E-state index is 13.6. The Morgan fingerprint density at radius 2 is 2.11 bits per heavy atom. The van der Waals surface area contributed by atoms with Gasteiger partial charge in [0.05, 0.1) is 17.5 Å². The van der Waals surface area contributed by atoms with E-state index in [1.165, 1.54) is 6.07 Å². The smallest absolute Gasteiger partial charge is 0.150 e. The van der Waals surface area contributed by atoms with E-state index in [4.69, 9.17) is 5.84 Å². The fourth-order valence-electron chi connectivity index (χ4n) is 2.32. The van der Waals surface area contributed by atoms with E-state index >= 15 is 0 Å². The number of hydrogen-bond donors (Lipinski definition) is 2. The van der Waals surface area contributed by atoms with Crippen molar-refractivity contribution in [2.24, 2.45) is 11.8 Å². The number of nitrogens with two attached hydrogens (primary N) is 1. The molecule has 1 aromatic carbocycles. The first kappa shape index (κ1) is 13.4. The molecule has 7 heteroatoms. The lowest BCUT2D eigenvalue weighted by molar-refractivity contribution is 0.384. The number of hydrazine groups is 1. The van der Waals surface area contributed by atoms with Gasteiger partial charge in [0.1, 0.15) is 11.6 Å². The summed E-state index contributed by atoms with van der Waals surface area (Å²) in [5.74, 6) is 3.74. The van der Waals surface area contributed by atoms with Crippen LogP contribution in [-0.2, 0) is 9.84 Å². The molecule has 100 valence electrons. The van der Waals surface area contributed by atoms with Crippen molar-refractivity contribution in [2.45, 2.75) is 12.5 Å². The largest absolute Gasteiger partial charge is 0.271 e. The Balaban J connectivity index is 2.29. The monoisotopic (exact) mass is 276 g/mol. The fraction of sp³-hybridized carbons (Fsp3) is 0.455. The molecular weight excluding hydrogens is 262 g/mol. The highest BCUT2D eigenvalue weighted by atomic mass is 32.2. The zero-order valence-corrected chi connectivity index (χ0v) is 10.4. The lowest BCUT2D eigenvalue weighted by atomic mass is 9.92. The summed E-state index contributed by atoms with van der Waals surface area (Å²) in [6.45, 7) is 0. The maximum atomic E-state index is 13.6. The number of hydrogen-bond acceptors (Lipinski definition) is 4. The van der Waals surface area contributed by atoms with Crippen molar-refractivity contribution in [3.05, 3.63) is 35.4 Å². The maximum Gasteiger partial charge on any atom is 0.150 e. The predicted molar refractivity (Wildman–Crippen MR) is 63.2 cm³/mol. The third-order valence-electron chi connectivity index (χ3n) is 3.22. The standard InChI is InChI=1S/C11H14F2N2O2S/c12-8-1-2-9(10(13)5-8)11(15-14)7-3-4-18(16,17)6-7/h1-2,5,7,11,15H,3-4,6,14H2. The molecule has 0 amide bonds. The Morgan fingerprint density at radius 1 is 1.39 bits per heavy atom. The van der Waals surface area contributed by atoms with Crippen LogP contribution in [0.25, 0.3) is 0 Å². The first-order valence-corrected chi connectivity index (χ1v) is 7.36. The number of nitrogens with one attached hydrogen (secondary N) is 1. The van der Waals surface area contributed by atoms with Crippen molar-refractivity contribution >= 4 is 9.84 Å². The molecule has 1 fully saturated rings. The van der Waals surface area contributed by atoms with Gasteiger partial charge in [-0.1, -0.05) is 6.07 Å². The Morgan fingerprint density at radius 3 is 2.61 bits per heavy atom. The molecule has 0 radical (unpaired) electrons. The summed E-state index contributed by atoms with van der Waals surface area (Å²) in [6.07, 6.45) is 0.425. The molecule has 4 nitrogen and oxygen atoms in total. The van der Waals surface area contributed by atoms with Gasteiger partial charge < -0.3 is 0 Å². The van der Waals surface area contributed by atoms with Gasteiger partial charge in [0.25, 0.3) is 0 Å². The molecule has 1 aromatic rings. The average molecular weight is 276 g/mol. The van der Waals surface area contributed by atoms with Crippen LogP contribution < -0.4 is 11.3 Å². The van der Waals surface area contributed by atoms with Gasteiger partial charge in [-0.15, -0.1) is 0 Å². The van der Waals surface area contributed by atoms with Crippen LogP contribution in [0.5, 0.6) is 0 Å². The summed E-state index contributed by atoms with van der Waals surface area (Å²) in [7, 11) is -3.07. The molecule has 2 unspecified atom stereocenters. The molecule has 1 heterocycles. The van der Waals surface area contributed by atoms with E-state index in [9.17, 15) is 17.2 Å². The quantitative estimate of drug-likeness (QED) is 0.635. The van der Waals surface area contributed by atoms with Crippen LogP contribution in [0.2, 0.25) is 0 Å². The summed E-state index contributed by atoms with van der Waals surface area (Å²) >= 11 is 0. The second kappa shape index (κ2) is 4.91. The Kier molecular flexibility index (Phi) is 3.65. The van der Waals surface area contributed by atoms with Crippen molar-refractivity contribution in [2.75, 3.05) is 11.5 Å². The van der Waals surface area contributed by atoms with Gasteiger partial charge >= 0.3 is 0 Å². The van der Waals surface area contributed by atoms with Crippen LogP contribution in [0.3, 0.4) is 0 Å². The normalized spacial score (nSPS) is 24.1. The first-order valence-electron chi connectivity index (χ1n) is 5.54. The molecule has 1 saturated heterocycles. The highest BCUT2D eigenvalue weighted by Crippen LogP contribution is 2.32. The average Bonchev–Trinajstić information content (AvgIpc) is 2.63. The molecule has 0 saturated carbocycles. The predicted octanol–water partition coefficient (Wildman–Crippen LogP) is 0.904. The van der Waals surface area contributed by atoms with Crippen LogP contribution in [-0.4, -0.2) is 19.9 Å². The topological polar surface area (TPSA) is 72.2 Å². The molecule has 3 N–H and O–H groups in total. The van der Waals surface area contributed by atoms with Gasteiger partial charge in [-0.25, -0.2) is 17.2 Å². The van der Waals surface area contributed by atoms with Crippen LogP contribution in [0.15, 0.2) is 18.2 Å². The number of sulfone groups is 1. The van der Waals surface area contributed by atoms with E-state index < -0.39 is 27.5 Å². The van der Waals surface area contributed by atoms with Crippen molar-refractivity contribution in [3.8, 4) is 0 Å². The van der Waals surface area contributed by atoms with Gasteiger partial charge in [-0.05, 0) is 18.4 Å². The summed E-state index contributed by atoms with van der Waals surface area (Å²) < 4.78 is 49.3. The lowest BCUT2D eigenvalue weighted by Gasteiger charge is -2.22. The highest BCUT2D eigenvalue weighted by Gasteiger charge is 2.35. The van der Waals surface area contributed by atoms with Gasteiger partial charge in [0.2, 0.25) is 0 Å². The van der Waals surface area contributed by atoms with Crippen molar-refractivity contribution in [1.82, 2.24) is 5.43 Å². The van der Waals surface area contributed by atoms with Gasteiger partial charge in [0, 0.05) is 11.6 Å². The summed E-state index contributed by atoms with van der Waals surface area (Å²) in [6, 6.07) is 2.57. The summed E-state index contributed by atoms with van der Waals surface area (Å²) in [5, 5.41) is 0. The SMILES string of the molecule is NNC(c1ccc(F)cc1F)C1CCS(=O)(=O)C1. The van der Waals surface area contributed by atoms with Crippen LogP contribution in [0.1, 0.15) is 18.0 Å². The molecule has 0 aromatic heterocycles. The third-order valence-corrected chi connectivity index (χ3v) is 5.01. The second-order valence-corrected chi connectivity index (χ2v) is 6.70. The van der Waals surface area contributed by atoms with E-state index in [-0.39, 0.29) is 23.0 Å². The minimum atomic E-state index is -3.07. The molecular formula is C11H14F2N2O2S. The molecule has 1 aliphatic heterocycles. The molecule has 1 aliphatic rings. The van der Waals surface area contributed by atoms with Crippen molar-refractivity contribution < 1.29 is 17.2 Å². The molecule has 0 aliphatic carbocycles. The zero-order chi connectivity index (χ0) is 13.3. The molecule has 0 spiro atoms. The van der Waals surface area contributed by atoms with E-state index in [2.05, 4.69) is 5.43 Å². The third kappa shape index (κ3) is 2.68. The summed E-state index contributed by atoms with van der Waals surface area (Å²) in [5.41, 5.74) is 2.63. The van der Waals surface area contributed by atoms with Gasteiger partial charge in [-0.3, -0.25) is 11.3 Å². The van der Waals surface area contributed by atoms with E-state index in [0.29, 0.717) is 6.42 Å². The minimum Gasteiger partial charge on any atom is -0.271 e. The Hall–Kier alpha value is -1.05. The van der Waals surface area contributed by atoms with Crippen LogP contribution in [0, 0.1) is 17.6 Å². The van der Waals surface area contributed by atoms with Gasteiger partial charge in [0.15, 0.2) is 9.84 Å².